The summed E-state index contributed by atoms with van der Waals surface area (Å²) in [5, 5.41) is 7.09. The van der Waals surface area contributed by atoms with Gasteiger partial charge in [-0.3, -0.25) is 4.99 Å². The van der Waals surface area contributed by atoms with Crippen LogP contribution in [0.3, 0.4) is 0 Å². The molecule has 132 valence electrons. The van der Waals surface area contributed by atoms with Gasteiger partial charge in [0.1, 0.15) is 0 Å². The fourth-order valence-electron chi connectivity index (χ4n) is 3.64. The average Bonchev–Trinajstić information content (AvgIpc) is 3.21. The van der Waals surface area contributed by atoms with Gasteiger partial charge in [-0.05, 0) is 60.9 Å². The van der Waals surface area contributed by atoms with Gasteiger partial charge < -0.3 is 20.4 Å². The summed E-state index contributed by atoms with van der Waals surface area (Å²) < 4.78 is 1.16. The van der Waals surface area contributed by atoms with Crippen molar-refractivity contribution in [3.8, 4) is 0 Å². The highest BCUT2D eigenvalue weighted by atomic mass is 79.9. The van der Waals surface area contributed by atoms with Crippen LogP contribution >= 0.6 is 15.9 Å². The molecular formula is C18H28BrN5. The summed E-state index contributed by atoms with van der Waals surface area (Å²) in [6.45, 7) is 4.26. The SMILES string of the molecule is CN=C(NCC1CCCN1C)NC1CCN(c2ccccc2Br)C1. The highest BCUT2D eigenvalue weighted by molar-refractivity contribution is 9.10. The van der Waals surface area contributed by atoms with Crippen molar-refractivity contribution < 1.29 is 0 Å². The highest BCUT2D eigenvalue weighted by Gasteiger charge is 2.25. The molecule has 2 aliphatic rings. The van der Waals surface area contributed by atoms with Gasteiger partial charge in [0.15, 0.2) is 5.96 Å². The quantitative estimate of drug-likeness (QED) is 0.608. The van der Waals surface area contributed by atoms with E-state index in [1.807, 2.05) is 7.05 Å². The van der Waals surface area contributed by atoms with E-state index in [1.54, 1.807) is 0 Å². The van der Waals surface area contributed by atoms with Crippen LogP contribution in [0.5, 0.6) is 0 Å². The number of anilines is 1. The van der Waals surface area contributed by atoms with E-state index < -0.39 is 0 Å². The normalized spacial score (nSPS) is 25.3. The Kier molecular flexibility index (Phi) is 6.00. The molecule has 2 fully saturated rings. The number of rotatable bonds is 4. The van der Waals surface area contributed by atoms with E-state index in [0.717, 1.165) is 36.5 Å². The van der Waals surface area contributed by atoms with Crippen LogP contribution in [0.25, 0.3) is 0 Å². The Balaban J connectivity index is 1.49. The lowest BCUT2D eigenvalue weighted by Crippen LogP contribution is -2.48. The van der Waals surface area contributed by atoms with Crippen molar-refractivity contribution >= 4 is 27.6 Å². The molecule has 0 aromatic heterocycles. The summed E-state index contributed by atoms with van der Waals surface area (Å²) >= 11 is 3.66. The van der Waals surface area contributed by atoms with Gasteiger partial charge in [-0.15, -0.1) is 0 Å². The fourth-order valence-corrected chi connectivity index (χ4v) is 4.18. The summed E-state index contributed by atoms with van der Waals surface area (Å²) in [6, 6.07) is 9.50. The Morgan fingerprint density at radius 2 is 2.12 bits per heavy atom. The number of nitrogens with one attached hydrogen (secondary N) is 2. The van der Waals surface area contributed by atoms with Gasteiger partial charge in [0.2, 0.25) is 0 Å². The zero-order chi connectivity index (χ0) is 16.9. The largest absolute Gasteiger partial charge is 0.368 e. The monoisotopic (exact) mass is 393 g/mol. The maximum atomic E-state index is 4.40. The van der Waals surface area contributed by atoms with Crippen molar-refractivity contribution in [1.82, 2.24) is 15.5 Å². The van der Waals surface area contributed by atoms with Gasteiger partial charge in [0, 0.05) is 43.2 Å². The zero-order valence-corrected chi connectivity index (χ0v) is 16.2. The molecule has 0 aliphatic carbocycles. The maximum Gasteiger partial charge on any atom is 0.191 e. The Morgan fingerprint density at radius 3 is 2.83 bits per heavy atom. The molecule has 2 atom stereocenters. The van der Waals surface area contributed by atoms with Gasteiger partial charge in [-0.2, -0.15) is 0 Å². The number of benzene rings is 1. The molecule has 1 aromatic carbocycles. The van der Waals surface area contributed by atoms with E-state index in [0.29, 0.717) is 12.1 Å². The van der Waals surface area contributed by atoms with E-state index in [2.05, 4.69) is 72.7 Å². The molecule has 2 aliphatic heterocycles. The van der Waals surface area contributed by atoms with Crippen LogP contribution in [0.15, 0.2) is 33.7 Å². The molecule has 5 nitrogen and oxygen atoms in total. The third-order valence-electron chi connectivity index (χ3n) is 5.12. The first kappa shape index (κ1) is 17.5. The molecule has 0 spiro atoms. The summed E-state index contributed by atoms with van der Waals surface area (Å²) in [7, 11) is 4.07. The lowest BCUT2D eigenvalue weighted by Gasteiger charge is -2.23. The Hall–Kier alpha value is -1.27. The summed E-state index contributed by atoms with van der Waals surface area (Å²) in [4.78, 5) is 9.27. The molecule has 24 heavy (non-hydrogen) atoms. The number of nitrogens with zero attached hydrogens (tertiary/aromatic N) is 3. The number of aliphatic imine (C=N–C) groups is 1. The van der Waals surface area contributed by atoms with E-state index in [-0.39, 0.29) is 0 Å². The summed E-state index contributed by atoms with van der Waals surface area (Å²) in [6.07, 6.45) is 3.71. The topological polar surface area (TPSA) is 42.9 Å². The first-order valence-corrected chi connectivity index (χ1v) is 9.63. The van der Waals surface area contributed by atoms with Crippen molar-refractivity contribution in [2.24, 2.45) is 4.99 Å². The molecule has 6 heteroatoms. The number of likely N-dealkylation sites (N-methyl/N-ethyl adjacent to an activating group) is 1. The zero-order valence-electron chi connectivity index (χ0n) is 14.6. The van der Waals surface area contributed by atoms with Crippen LogP contribution in [-0.4, -0.2) is 63.2 Å². The molecule has 0 amide bonds. The molecule has 1 aromatic rings. The molecule has 0 saturated carbocycles. The van der Waals surface area contributed by atoms with E-state index in [4.69, 9.17) is 0 Å². The number of halogens is 1. The Labute approximate surface area is 153 Å². The van der Waals surface area contributed by atoms with Crippen LogP contribution in [0.4, 0.5) is 5.69 Å². The maximum absolute atomic E-state index is 4.40. The minimum absolute atomic E-state index is 0.435. The van der Waals surface area contributed by atoms with Gasteiger partial charge >= 0.3 is 0 Å². The minimum atomic E-state index is 0.435. The smallest absolute Gasteiger partial charge is 0.191 e. The first-order chi connectivity index (χ1) is 11.7. The fraction of sp³-hybridized carbons (Fsp3) is 0.611. The van der Waals surface area contributed by atoms with E-state index in [1.165, 1.54) is 25.1 Å². The molecule has 0 bridgehead atoms. The second-order valence-corrected chi connectivity index (χ2v) is 7.61. The Bertz CT molecular complexity index is 576. The number of hydrogen-bond acceptors (Lipinski definition) is 3. The lowest BCUT2D eigenvalue weighted by molar-refractivity contribution is 0.309. The molecule has 2 heterocycles. The van der Waals surface area contributed by atoms with Crippen LogP contribution in [-0.2, 0) is 0 Å². The number of guanidine groups is 1. The highest BCUT2D eigenvalue weighted by Crippen LogP contribution is 2.28. The second kappa shape index (κ2) is 8.21. The van der Waals surface area contributed by atoms with Crippen molar-refractivity contribution in [1.29, 1.82) is 0 Å². The van der Waals surface area contributed by atoms with Crippen molar-refractivity contribution in [2.45, 2.75) is 31.3 Å². The predicted octanol–water partition coefficient (Wildman–Crippen LogP) is 2.29. The number of para-hydroxylation sites is 1. The molecule has 0 radical (unpaired) electrons. The molecule has 2 unspecified atom stereocenters. The predicted molar refractivity (Wildman–Crippen MR) is 105 cm³/mol. The molecule has 2 N–H and O–H groups in total. The van der Waals surface area contributed by atoms with Crippen LogP contribution in [0.2, 0.25) is 0 Å². The molecule has 3 rings (SSSR count). The third-order valence-corrected chi connectivity index (χ3v) is 5.79. The number of likely N-dealkylation sites (tertiary alicyclic amines) is 1. The summed E-state index contributed by atoms with van der Waals surface area (Å²) in [5.74, 6) is 0.925. The van der Waals surface area contributed by atoms with Gasteiger partial charge in [0.05, 0.1) is 5.69 Å². The second-order valence-electron chi connectivity index (χ2n) is 6.76. The van der Waals surface area contributed by atoms with Crippen LogP contribution < -0.4 is 15.5 Å². The first-order valence-electron chi connectivity index (χ1n) is 8.84. The molecule has 2 saturated heterocycles. The lowest BCUT2D eigenvalue weighted by atomic mass is 10.2. The van der Waals surface area contributed by atoms with Gasteiger partial charge in [-0.1, -0.05) is 12.1 Å². The van der Waals surface area contributed by atoms with Crippen molar-refractivity contribution in [2.75, 3.05) is 45.2 Å². The molecular weight excluding hydrogens is 366 g/mol. The number of hydrogen-bond donors (Lipinski definition) is 2. The third kappa shape index (κ3) is 4.22. The van der Waals surface area contributed by atoms with E-state index in [9.17, 15) is 0 Å². The summed E-state index contributed by atoms with van der Waals surface area (Å²) in [5.41, 5.74) is 1.28. The van der Waals surface area contributed by atoms with Crippen LogP contribution in [0, 0.1) is 0 Å². The van der Waals surface area contributed by atoms with Crippen LogP contribution in [0.1, 0.15) is 19.3 Å². The Morgan fingerprint density at radius 1 is 1.29 bits per heavy atom. The average molecular weight is 394 g/mol. The standard InChI is InChI=1S/C18H28BrN5/c1-20-18(21-12-15-6-5-10-23(15)2)22-14-9-11-24(13-14)17-8-4-3-7-16(17)19/h3-4,7-8,14-15H,5-6,9-13H2,1-2H3,(H2,20,21,22). The van der Waals surface area contributed by atoms with Gasteiger partial charge in [-0.25, -0.2) is 0 Å². The van der Waals surface area contributed by atoms with Gasteiger partial charge in [0.25, 0.3) is 0 Å². The van der Waals surface area contributed by atoms with E-state index >= 15 is 0 Å². The minimum Gasteiger partial charge on any atom is -0.368 e. The van der Waals surface area contributed by atoms with Crippen molar-refractivity contribution in [3.05, 3.63) is 28.7 Å². The van der Waals surface area contributed by atoms with Crippen molar-refractivity contribution in [3.63, 3.8) is 0 Å².